The maximum atomic E-state index is 12.5. The molecule has 0 bridgehead atoms. The third kappa shape index (κ3) is 5.81. The Balaban J connectivity index is 0.00000392. The van der Waals surface area contributed by atoms with E-state index < -0.39 is 15.7 Å². The van der Waals surface area contributed by atoms with Crippen molar-refractivity contribution in [2.24, 2.45) is 16.5 Å². The summed E-state index contributed by atoms with van der Waals surface area (Å²) < 4.78 is 24.8. The van der Waals surface area contributed by atoms with Gasteiger partial charge in [-0.25, -0.2) is 8.42 Å². The molecular formula is C20H26ClN3O3S. The topological polar surface area (TPSA) is 116 Å². The minimum absolute atomic E-state index is 0. The van der Waals surface area contributed by atoms with Gasteiger partial charge in [0.15, 0.2) is 15.8 Å². The third-order valence-electron chi connectivity index (χ3n) is 4.23. The molecule has 28 heavy (non-hydrogen) atoms. The van der Waals surface area contributed by atoms with Crippen molar-refractivity contribution in [3.8, 4) is 11.1 Å². The molecule has 4 N–H and O–H groups in total. The molecule has 1 amide bonds. The first-order chi connectivity index (χ1) is 12.6. The van der Waals surface area contributed by atoms with E-state index in [9.17, 15) is 13.2 Å². The summed E-state index contributed by atoms with van der Waals surface area (Å²) in [4.78, 5) is 16.1. The smallest absolute Gasteiger partial charge is 0.280 e. The highest BCUT2D eigenvalue weighted by molar-refractivity contribution is 7.90. The van der Waals surface area contributed by atoms with E-state index in [0.29, 0.717) is 12.0 Å². The van der Waals surface area contributed by atoms with Gasteiger partial charge in [0.2, 0.25) is 0 Å². The standard InChI is InChI=1S/C20H25N3O3S.ClH/c1-4-5-6-15-11-16(14-9-7-13(2)8-10-14)18(27(3,25)26)12-17(15)19(24)23-20(21)22;/h7-12H,4-6H2,1-3H3,(H4,21,22,23,24);1H. The Hall–Kier alpha value is -2.38. The first-order valence-corrected chi connectivity index (χ1v) is 10.6. The van der Waals surface area contributed by atoms with E-state index in [1.165, 1.54) is 6.07 Å². The Morgan fingerprint density at radius 3 is 2.21 bits per heavy atom. The average molecular weight is 424 g/mol. The molecular weight excluding hydrogens is 398 g/mol. The van der Waals surface area contributed by atoms with Crippen LogP contribution >= 0.6 is 12.4 Å². The van der Waals surface area contributed by atoms with Crippen LogP contribution in [-0.4, -0.2) is 26.5 Å². The third-order valence-corrected chi connectivity index (χ3v) is 5.36. The van der Waals surface area contributed by atoms with E-state index in [1.54, 1.807) is 6.07 Å². The number of aliphatic imine (C=N–C) groups is 1. The van der Waals surface area contributed by atoms with Crippen LogP contribution in [0.4, 0.5) is 0 Å². The summed E-state index contributed by atoms with van der Waals surface area (Å²) in [5, 5.41) is 0. The van der Waals surface area contributed by atoms with Gasteiger partial charge in [-0.2, -0.15) is 4.99 Å². The van der Waals surface area contributed by atoms with E-state index >= 15 is 0 Å². The summed E-state index contributed by atoms with van der Waals surface area (Å²) in [6.07, 6.45) is 3.54. The zero-order valence-electron chi connectivity index (χ0n) is 16.2. The molecule has 2 aromatic rings. The van der Waals surface area contributed by atoms with Crippen LogP contribution in [0.5, 0.6) is 0 Å². The van der Waals surface area contributed by atoms with Crippen molar-refractivity contribution >= 4 is 34.1 Å². The largest absolute Gasteiger partial charge is 0.370 e. The number of hydrogen-bond acceptors (Lipinski definition) is 3. The van der Waals surface area contributed by atoms with E-state index in [4.69, 9.17) is 11.5 Å². The summed E-state index contributed by atoms with van der Waals surface area (Å²) in [5.41, 5.74) is 14.0. The monoisotopic (exact) mass is 423 g/mol. The molecule has 0 aliphatic heterocycles. The number of carbonyl (C=O) groups excluding carboxylic acids is 1. The van der Waals surface area contributed by atoms with E-state index in [1.807, 2.05) is 38.1 Å². The molecule has 0 aliphatic carbocycles. The molecule has 6 nitrogen and oxygen atoms in total. The van der Waals surface area contributed by atoms with Crippen LogP contribution in [0.2, 0.25) is 0 Å². The molecule has 152 valence electrons. The maximum Gasteiger partial charge on any atom is 0.280 e. The lowest BCUT2D eigenvalue weighted by molar-refractivity contribution is 0.100. The minimum Gasteiger partial charge on any atom is -0.370 e. The maximum absolute atomic E-state index is 12.5. The molecule has 0 aromatic heterocycles. The van der Waals surface area contributed by atoms with Crippen molar-refractivity contribution in [1.29, 1.82) is 0 Å². The molecule has 8 heteroatoms. The molecule has 0 aliphatic rings. The fraction of sp³-hybridized carbons (Fsp3) is 0.300. The molecule has 2 aromatic carbocycles. The SMILES string of the molecule is CCCCc1cc(-c2ccc(C)cc2)c(S(C)(=O)=O)cc1C(=O)N=C(N)N.Cl. The highest BCUT2D eigenvalue weighted by Gasteiger charge is 2.21. The minimum atomic E-state index is -3.58. The predicted octanol–water partition coefficient (Wildman–Crippen LogP) is 3.24. The number of carbonyl (C=O) groups is 1. The normalized spacial score (nSPS) is 10.8. The Morgan fingerprint density at radius 2 is 1.71 bits per heavy atom. The Kier molecular flexibility index (Phi) is 8.20. The van der Waals surface area contributed by atoms with Crippen LogP contribution in [-0.2, 0) is 16.3 Å². The van der Waals surface area contributed by atoms with E-state index in [2.05, 4.69) is 4.99 Å². The number of guanidine groups is 1. The van der Waals surface area contributed by atoms with Gasteiger partial charge >= 0.3 is 0 Å². The van der Waals surface area contributed by atoms with Gasteiger partial charge in [-0.05, 0) is 43.0 Å². The summed E-state index contributed by atoms with van der Waals surface area (Å²) in [6, 6.07) is 10.8. The van der Waals surface area contributed by atoms with Gasteiger partial charge in [0.05, 0.1) is 4.90 Å². The zero-order chi connectivity index (χ0) is 20.2. The second-order valence-electron chi connectivity index (χ2n) is 6.59. The van der Waals surface area contributed by atoms with Crippen LogP contribution in [0.25, 0.3) is 11.1 Å². The lowest BCUT2D eigenvalue weighted by Crippen LogP contribution is -2.24. The first kappa shape index (κ1) is 23.7. The number of nitrogens with two attached hydrogens (primary N) is 2. The van der Waals surface area contributed by atoms with Crippen molar-refractivity contribution in [3.05, 3.63) is 53.1 Å². The number of amides is 1. The number of hydrogen-bond donors (Lipinski definition) is 2. The van der Waals surface area contributed by atoms with Gasteiger partial charge in [0.25, 0.3) is 5.91 Å². The molecule has 0 saturated heterocycles. The number of halogens is 1. The quantitative estimate of drug-likeness (QED) is 0.546. The van der Waals surface area contributed by atoms with Crippen LogP contribution in [0.1, 0.15) is 41.3 Å². The Morgan fingerprint density at radius 1 is 1.11 bits per heavy atom. The van der Waals surface area contributed by atoms with Gasteiger partial charge < -0.3 is 11.5 Å². The molecule has 0 atom stereocenters. The summed E-state index contributed by atoms with van der Waals surface area (Å²) in [7, 11) is -3.58. The van der Waals surface area contributed by atoms with Crippen molar-refractivity contribution in [2.45, 2.75) is 38.0 Å². The summed E-state index contributed by atoms with van der Waals surface area (Å²) >= 11 is 0. The molecule has 0 heterocycles. The fourth-order valence-corrected chi connectivity index (χ4v) is 3.75. The molecule has 0 unspecified atom stereocenters. The van der Waals surface area contributed by atoms with Crippen LogP contribution in [0.3, 0.4) is 0 Å². The molecule has 0 saturated carbocycles. The number of unbranched alkanes of at least 4 members (excludes halogenated alkanes) is 1. The van der Waals surface area contributed by atoms with E-state index in [-0.39, 0.29) is 28.8 Å². The Labute approximate surface area is 172 Å². The van der Waals surface area contributed by atoms with Crippen LogP contribution < -0.4 is 11.5 Å². The summed E-state index contributed by atoms with van der Waals surface area (Å²) in [6.45, 7) is 4.01. The van der Waals surface area contributed by atoms with Gasteiger partial charge in [0, 0.05) is 17.4 Å². The van der Waals surface area contributed by atoms with Crippen LogP contribution in [0, 0.1) is 6.92 Å². The van der Waals surface area contributed by atoms with Crippen LogP contribution in [0.15, 0.2) is 46.3 Å². The highest BCUT2D eigenvalue weighted by Crippen LogP contribution is 2.32. The van der Waals surface area contributed by atoms with Gasteiger partial charge in [-0.1, -0.05) is 43.2 Å². The van der Waals surface area contributed by atoms with Crippen molar-refractivity contribution < 1.29 is 13.2 Å². The fourth-order valence-electron chi connectivity index (χ4n) is 2.84. The highest BCUT2D eigenvalue weighted by atomic mass is 35.5. The second-order valence-corrected chi connectivity index (χ2v) is 8.57. The van der Waals surface area contributed by atoms with Gasteiger partial charge in [0.1, 0.15) is 0 Å². The van der Waals surface area contributed by atoms with Crippen molar-refractivity contribution in [3.63, 3.8) is 0 Å². The number of benzene rings is 2. The average Bonchev–Trinajstić information content (AvgIpc) is 2.58. The Bertz CT molecular complexity index is 981. The molecule has 0 spiro atoms. The predicted molar refractivity (Wildman–Crippen MR) is 116 cm³/mol. The molecule has 0 fully saturated rings. The van der Waals surface area contributed by atoms with Gasteiger partial charge in [-0.15, -0.1) is 12.4 Å². The first-order valence-electron chi connectivity index (χ1n) is 8.71. The van der Waals surface area contributed by atoms with Crippen molar-refractivity contribution in [1.82, 2.24) is 0 Å². The van der Waals surface area contributed by atoms with Crippen molar-refractivity contribution in [2.75, 3.05) is 6.26 Å². The molecule has 2 rings (SSSR count). The number of nitrogens with zero attached hydrogens (tertiary/aromatic N) is 1. The van der Waals surface area contributed by atoms with E-state index in [0.717, 1.165) is 35.8 Å². The number of sulfone groups is 1. The lowest BCUT2D eigenvalue weighted by Gasteiger charge is -2.15. The lowest BCUT2D eigenvalue weighted by atomic mass is 9.95. The second kappa shape index (κ2) is 9.71. The zero-order valence-corrected chi connectivity index (χ0v) is 17.9. The van der Waals surface area contributed by atoms with Gasteiger partial charge in [-0.3, -0.25) is 4.79 Å². The summed E-state index contributed by atoms with van der Waals surface area (Å²) in [5.74, 6) is -0.994. The number of aryl methyl sites for hydroxylation is 2. The molecule has 0 radical (unpaired) electrons. The number of rotatable bonds is 6.